The van der Waals surface area contributed by atoms with Crippen molar-refractivity contribution in [1.82, 2.24) is 0 Å². The van der Waals surface area contributed by atoms with Crippen molar-refractivity contribution in [3.63, 3.8) is 0 Å². The third kappa shape index (κ3) is 3.43. The molecule has 0 amide bonds. The fourth-order valence-corrected chi connectivity index (χ4v) is 2.11. The van der Waals surface area contributed by atoms with E-state index in [2.05, 4.69) is 0 Å². The van der Waals surface area contributed by atoms with E-state index in [0.717, 1.165) is 0 Å². The van der Waals surface area contributed by atoms with Crippen molar-refractivity contribution in [2.45, 2.75) is 32.3 Å². The molecule has 18 heavy (non-hydrogen) atoms. The van der Waals surface area contributed by atoms with Gasteiger partial charge < -0.3 is 9.84 Å². The van der Waals surface area contributed by atoms with E-state index in [4.69, 9.17) is 21.4 Å². The molecular weight excluding hydrogens is 259 g/mol. The molecule has 0 aliphatic carbocycles. The van der Waals surface area contributed by atoms with Crippen LogP contribution in [0.1, 0.15) is 31.4 Å². The highest BCUT2D eigenvalue weighted by molar-refractivity contribution is 6.30. The van der Waals surface area contributed by atoms with Crippen LogP contribution < -0.4 is 0 Å². The summed E-state index contributed by atoms with van der Waals surface area (Å²) in [5.74, 6) is -1.43. The molecule has 0 radical (unpaired) electrons. The molecule has 0 atom stereocenters. The third-order valence-corrected chi connectivity index (χ3v) is 2.95. The Morgan fingerprint density at radius 2 is 2.11 bits per heavy atom. The van der Waals surface area contributed by atoms with Gasteiger partial charge in [0.05, 0.1) is 13.0 Å². The van der Waals surface area contributed by atoms with Gasteiger partial charge in [-0.1, -0.05) is 25.4 Å². The topological polar surface area (TPSA) is 46.5 Å². The zero-order valence-corrected chi connectivity index (χ0v) is 11.3. The number of carboxylic acid groups (broad SMARTS) is 1. The van der Waals surface area contributed by atoms with Gasteiger partial charge in [0.25, 0.3) is 0 Å². The molecule has 0 aromatic heterocycles. The van der Waals surface area contributed by atoms with Crippen LogP contribution in [0, 0.1) is 5.82 Å². The van der Waals surface area contributed by atoms with Crippen molar-refractivity contribution in [2.24, 2.45) is 0 Å². The summed E-state index contributed by atoms with van der Waals surface area (Å²) >= 11 is 5.93. The number of hydrogen-bond acceptors (Lipinski definition) is 2. The fourth-order valence-electron chi connectivity index (χ4n) is 1.87. The van der Waals surface area contributed by atoms with Gasteiger partial charge in [0.1, 0.15) is 5.82 Å². The van der Waals surface area contributed by atoms with Crippen LogP contribution >= 0.6 is 11.6 Å². The SMILES string of the molecule is COCc1cc(Cl)cc(C(C)(C)CC(=O)O)c1F. The quantitative estimate of drug-likeness (QED) is 0.895. The first-order valence-corrected chi connectivity index (χ1v) is 5.85. The van der Waals surface area contributed by atoms with Crippen molar-refractivity contribution < 1.29 is 19.0 Å². The van der Waals surface area contributed by atoms with Gasteiger partial charge in [-0.25, -0.2) is 4.39 Å². The van der Waals surface area contributed by atoms with Gasteiger partial charge in [-0.05, 0) is 17.7 Å². The lowest BCUT2D eigenvalue weighted by Gasteiger charge is -2.25. The predicted molar refractivity (Wildman–Crippen MR) is 67.4 cm³/mol. The maximum atomic E-state index is 14.3. The Morgan fingerprint density at radius 3 is 2.61 bits per heavy atom. The number of aliphatic carboxylic acids is 1. The van der Waals surface area contributed by atoms with Gasteiger partial charge in [0, 0.05) is 23.1 Å². The first kappa shape index (κ1) is 14.9. The van der Waals surface area contributed by atoms with Crippen LogP contribution in [0.25, 0.3) is 0 Å². The maximum absolute atomic E-state index is 14.3. The number of methoxy groups -OCH3 is 1. The number of halogens is 2. The average Bonchev–Trinajstić information content (AvgIpc) is 2.21. The van der Waals surface area contributed by atoms with E-state index in [1.54, 1.807) is 13.8 Å². The van der Waals surface area contributed by atoms with Gasteiger partial charge in [0.15, 0.2) is 0 Å². The predicted octanol–water partition coefficient (Wildman–Crippen LogP) is 3.38. The fraction of sp³-hybridized carbons (Fsp3) is 0.462. The van der Waals surface area contributed by atoms with E-state index >= 15 is 0 Å². The van der Waals surface area contributed by atoms with E-state index in [9.17, 15) is 9.18 Å². The van der Waals surface area contributed by atoms with Crippen molar-refractivity contribution in [3.8, 4) is 0 Å². The molecule has 1 rings (SSSR count). The van der Waals surface area contributed by atoms with Crippen molar-refractivity contribution in [3.05, 3.63) is 34.1 Å². The van der Waals surface area contributed by atoms with Crippen LogP contribution in [-0.2, 0) is 21.6 Å². The Kier molecular flexibility index (Phi) is 4.71. The molecule has 0 aliphatic rings. The zero-order chi connectivity index (χ0) is 13.9. The largest absolute Gasteiger partial charge is 0.481 e. The standard InChI is InChI=1S/C13H16ClFO3/c1-13(2,6-11(16)17)10-5-9(14)4-8(7-18-3)12(10)15/h4-5H,6-7H2,1-3H3,(H,16,17). The molecule has 0 fully saturated rings. The van der Waals surface area contributed by atoms with Gasteiger partial charge in [-0.2, -0.15) is 0 Å². The van der Waals surface area contributed by atoms with Crippen LogP contribution in [0.5, 0.6) is 0 Å². The summed E-state index contributed by atoms with van der Waals surface area (Å²) in [5.41, 5.74) is -0.202. The van der Waals surface area contributed by atoms with Crippen LogP contribution in [0.4, 0.5) is 4.39 Å². The van der Waals surface area contributed by atoms with Crippen molar-refractivity contribution in [2.75, 3.05) is 7.11 Å². The van der Waals surface area contributed by atoms with Crippen LogP contribution in [0.2, 0.25) is 5.02 Å². The Bertz CT molecular complexity index is 458. The highest BCUT2D eigenvalue weighted by Gasteiger charge is 2.28. The lowest BCUT2D eigenvalue weighted by atomic mass is 9.80. The highest BCUT2D eigenvalue weighted by atomic mass is 35.5. The molecule has 0 unspecified atom stereocenters. The molecule has 5 heteroatoms. The molecule has 1 aromatic carbocycles. The molecule has 0 heterocycles. The van der Waals surface area contributed by atoms with Crippen LogP contribution in [0.15, 0.2) is 12.1 Å². The second-order valence-electron chi connectivity index (χ2n) is 4.81. The number of carboxylic acids is 1. The molecule has 3 nitrogen and oxygen atoms in total. The number of benzene rings is 1. The van der Waals surface area contributed by atoms with E-state index < -0.39 is 17.2 Å². The zero-order valence-electron chi connectivity index (χ0n) is 10.6. The summed E-state index contributed by atoms with van der Waals surface area (Å²) in [5, 5.41) is 9.24. The minimum absolute atomic E-state index is 0.0997. The Balaban J connectivity index is 3.26. The molecule has 100 valence electrons. The monoisotopic (exact) mass is 274 g/mol. The average molecular weight is 275 g/mol. The number of carbonyl (C=O) groups is 1. The third-order valence-electron chi connectivity index (χ3n) is 2.73. The van der Waals surface area contributed by atoms with E-state index in [1.807, 2.05) is 0 Å². The minimum Gasteiger partial charge on any atom is -0.481 e. The molecule has 0 saturated carbocycles. The van der Waals surface area contributed by atoms with E-state index in [0.29, 0.717) is 16.1 Å². The lowest BCUT2D eigenvalue weighted by molar-refractivity contribution is -0.138. The number of rotatable bonds is 5. The number of hydrogen-bond donors (Lipinski definition) is 1. The van der Waals surface area contributed by atoms with E-state index in [-0.39, 0.29) is 13.0 Å². The molecule has 1 N–H and O–H groups in total. The smallest absolute Gasteiger partial charge is 0.304 e. The molecular formula is C13H16ClFO3. The number of ether oxygens (including phenoxy) is 1. The summed E-state index contributed by atoms with van der Waals surface area (Å²) in [6, 6.07) is 2.96. The van der Waals surface area contributed by atoms with Crippen molar-refractivity contribution in [1.29, 1.82) is 0 Å². The molecule has 0 aliphatic heterocycles. The highest BCUT2D eigenvalue weighted by Crippen LogP contribution is 2.33. The van der Waals surface area contributed by atoms with Crippen LogP contribution in [-0.4, -0.2) is 18.2 Å². The van der Waals surface area contributed by atoms with Gasteiger partial charge >= 0.3 is 5.97 Å². The van der Waals surface area contributed by atoms with Crippen LogP contribution in [0.3, 0.4) is 0 Å². The van der Waals surface area contributed by atoms with Gasteiger partial charge in [0.2, 0.25) is 0 Å². The lowest BCUT2D eigenvalue weighted by Crippen LogP contribution is -2.23. The van der Waals surface area contributed by atoms with E-state index in [1.165, 1.54) is 19.2 Å². The van der Waals surface area contributed by atoms with Crippen molar-refractivity contribution >= 4 is 17.6 Å². The summed E-state index contributed by atoms with van der Waals surface area (Å²) in [4.78, 5) is 10.8. The first-order chi connectivity index (χ1) is 8.27. The first-order valence-electron chi connectivity index (χ1n) is 5.47. The second kappa shape index (κ2) is 5.67. The summed E-state index contributed by atoms with van der Waals surface area (Å²) < 4.78 is 19.2. The second-order valence-corrected chi connectivity index (χ2v) is 5.25. The molecule has 0 spiro atoms. The summed E-state index contributed by atoms with van der Waals surface area (Å²) in [7, 11) is 1.46. The molecule has 0 saturated heterocycles. The molecule has 0 bridgehead atoms. The Morgan fingerprint density at radius 1 is 1.50 bits per heavy atom. The maximum Gasteiger partial charge on any atom is 0.304 e. The Hall–Kier alpha value is -1.13. The minimum atomic E-state index is -0.979. The van der Waals surface area contributed by atoms with Gasteiger partial charge in [-0.3, -0.25) is 4.79 Å². The summed E-state index contributed by atoms with van der Waals surface area (Å²) in [6.45, 7) is 3.45. The molecule has 1 aromatic rings. The Labute approximate surface area is 111 Å². The van der Waals surface area contributed by atoms with Gasteiger partial charge in [-0.15, -0.1) is 0 Å². The normalized spacial score (nSPS) is 11.6. The summed E-state index contributed by atoms with van der Waals surface area (Å²) in [6.07, 6.45) is -0.170.